The van der Waals surface area contributed by atoms with Crippen molar-refractivity contribution < 1.29 is 9.47 Å². The van der Waals surface area contributed by atoms with Gasteiger partial charge in [0.2, 0.25) is 0 Å². The van der Waals surface area contributed by atoms with E-state index < -0.39 is 0 Å². The van der Waals surface area contributed by atoms with E-state index >= 15 is 0 Å². The summed E-state index contributed by atoms with van der Waals surface area (Å²) >= 11 is 0. The Balaban J connectivity index is 1.60. The Kier molecular flexibility index (Phi) is 4.34. The van der Waals surface area contributed by atoms with E-state index in [9.17, 15) is 0 Å². The summed E-state index contributed by atoms with van der Waals surface area (Å²) in [5.74, 6) is -0.321. The van der Waals surface area contributed by atoms with Gasteiger partial charge in [-0.05, 0) is 46.4 Å². The van der Waals surface area contributed by atoms with Crippen LogP contribution in [0.15, 0.2) is 0 Å². The summed E-state index contributed by atoms with van der Waals surface area (Å²) in [7, 11) is 4.36. The molecule has 2 unspecified atom stereocenters. The van der Waals surface area contributed by atoms with E-state index in [2.05, 4.69) is 23.9 Å². The molecule has 1 spiro atoms. The Morgan fingerprint density at radius 1 is 1.10 bits per heavy atom. The van der Waals surface area contributed by atoms with Crippen molar-refractivity contribution in [3.63, 3.8) is 0 Å². The molecular formula is C15H29N3O2. The average molecular weight is 283 g/mol. The van der Waals surface area contributed by atoms with Crippen LogP contribution in [0.25, 0.3) is 0 Å². The molecule has 116 valence electrons. The van der Waals surface area contributed by atoms with E-state index in [4.69, 9.17) is 15.2 Å². The standard InChI is InChI=1S/C15H29N3O2/c1-17(2)12-4-7-18(8-5-12)14-11-15(6-3-13(14)16)19-9-10-20-15/h12-14H,3-11,16H2,1-2H3. The largest absolute Gasteiger partial charge is 0.347 e. The van der Waals surface area contributed by atoms with E-state index in [0.29, 0.717) is 6.04 Å². The van der Waals surface area contributed by atoms with Crippen LogP contribution in [-0.4, -0.2) is 74.1 Å². The molecule has 3 rings (SSSR count). The number of hydrogen-bond donors (Lipinski definition) is 1. The Bertz CT molecular complexity index is 323. The molecule has 0 bridgehead atoms. The first-order valence-electron chi connectivity index (χ1n) is 8.04. The lowest BCUT2D eigenvalue weighted by Crippen LogP contribution is -2.58. The van der Waals surface area contributed by atoms with Gasteiger partial charge >= 0.3 is 0 Å². The first-order valence-corrected chi connectivity index (χ1v) is 8.04. The van der Waals surface area contributed by atoms with Gasteiger partial charge in [0.25, 0.3) is 0 Å². The van der Waals surface area contributed by atoms with Crippen LogP contribution < -0.4 is 5.73 Å². The van der Waals surface area contributed by atoms with Gasteiger partial charge in [0.15, 0.2) is 5.79 Å². The minimum absolute atomic E-state index is 0.268. The Hall–Kier alpha value is -0.200. The highest BCUT2D eigenvalue weighted by Gasteiger charge is 2.46. The van der Waals surface area contributed by atoms with Crippen LogP contribution in [-0.2, 0) is 9.47 Å². The molecule has 2 saturated heterocycles. The van der Waals surface area contributed by atoms with Gasteiger partial charge in [0.1, 0.15) is 0 Å². The third-order valence-electron chi connectivity index (χ3n) is 5.38. The first kappa shape index (κ1) is 14.7. The predicted molar refractivity (Wildman–Crippen MR) is 78.5 cm³/mol. The van der Waals surface area contributed by atoms with Crippen LogP contribution >= 0.6 is 0 Å². The topological polar surface area (TPSA) is 51.0 Å². The molecule has 1 saturated carbocycles. The lowest BCUT2D eigenvalue weighted by molar-refractivity contribution is -0.192. The van der Waals surface area contributed by atoms with Gasteiger partial charge in [-0.25, -0.2) is 0 Å². The third kappa shape index (κ3) is 2.88. The van der Waals surface area contributed by atoms with Gasteiger partial charge in [-0.1, -0.05) is 0 Å². The van der Waals surface area contributed by atoms with Crippen LogP contribution in [0.1, 0.15) is 32.1 Å². The molecule has 3 fully saturated rings. The molecule has 3 aliphatic rings. The zero-order chi connectivity index (χ0) is 14.2. The number of nitrogens with zero attached hydrogens (tertiary/aromatic N) is 2. The smallest absolute Gasteiger partial charge is 0.170 e. The Morgan fingerprint density at radius 3 is 2.35 bits per heavy atom. The van der Waals surface area contributed by atoms with E-state index in [0.717, 1.165) is 51.6 Å². The number of likely N-dealkylation sites (tertiary alicyclic amines) is 1. The molecular weight excluding hydrogens is 254 g/mol. The average Bonchev–Trinajstić information content (AvgIpc) is 2.90. The van der Waals surface area contributed by atoms with Crippen molar-refractivity contribution in [3.8, 4) is 0 Å². The first-order chi connectivity index (χ1) is 9.60. The maximum atomic E-state index is 6.39. The fraction of sp³-hybridized carbons (Fsp3) is 1.00. The third-order valence-corrected chi connectivity index (χ3v) is 5.38. The molecule has 5 heteroatoms. The molecule has 2 N–H and O–H groups in total. The highest BCUT2D eigenvalue weighted by atomic mass is 16.7. The highest BCUT2D eigenvalue weighted by Crippen LogP contribution is 2.38. The fourth-order valence-electron chi connectivity index (χ4n) is 4.04. The second-order valence-electron chi connectivity index (χ2n) is 6.81. The SMILES string of the molecule is CN(C)C1CCN(C2CC3(CCC2N)OCCO3)CC1. The molecule has 20 heavy (non-hydrogen) atoms. The Morgan fingerprint density at radius 2 is 1.75 bits per heavy atom. The lowest BCUT2D eigenvalue weighted by atomic mass is 9.84. The summed E-state index contributed by atoms with van der Waals surface area (Å²) in [5, 5.41) is 0. The maximum Gasteiger partial charge on any atom is 0.170 e. The fourth-order valence-corrected chi connectivity index (χ4v) is 4.04. The van der Waals surface area contributed by atoms with E-state index in [1.54, 1.807) is 0 Å². The molecule has 2 heterocycles. The van der Waals surface area contributed by atoms with Crippen LogP contribution in [0.2, 0.25) is 0 Å². The molecule has 0 aromatic carbocycles. The van der Waals surface area contributed by atoms with Crippen LogP contribution in [0.5, 0.6) is 0 Å². The van der Waals surface area contributed by atoms with Gasteiger partial charge < -0.3 is 20.1 Å². The van der Waals surface area contributed by atoms with Gasteiger partial charge in [-0.15, -0.1) is 0 Å². The molecule has 1 aliphatic carbocycles. The summed E-state index contributed by atoms with van der Waals surface area (Å²) in [4.78, 5) is 4.93. The van der Waals surface area contributed by atoms with Crippen LogP contribution in [0, 0.1) is 0 Å². The molecule has 0 aromatic rings. The van der Waals surface area contributed by atoms with Crippen molar-refractivity contribution in [1.29, 1.82) is 0 Å². The lowest BCUT2D eigenvalue weighted by Gasteiger charge is -2.47. The van der Waals surface area contributed by atoms with E-state index in [-0.39, 0.29) is 11.8 Å². The number of hydrogen-bond acceptors (Lipinski definition) is 5. The molecule has 5 nitrogen and oxygen atoms in total. The predicted octanol–water partition coefficient (Wildman–Crippen LogP) is 0.635. The zero-order valence-corrected chi connectivity index (χ0v) is 12.9. The summed E-state index contributed by atoms with van der Waals surface area (Å²) in [5.41, 5.74) is 6.39. The summed E-state index contributed by atoms with van der Waals surface area (Å²) in [6, 6.07) is 1.41. The molecule has 0 amide bonds. The maximum absolute atomic E-state index is 6.39. The van der Waals surface area contributed by atoms with Gasteiger partial charge in [-0.3, -0.25) is 4.90 Å². The van der Waals surface area contributed by atoms with Crippen molar-refractivity contribution in [1.82, 2.24) is 9.80 Å². The minimum Gasteiger partial charge on any atom is -0.347 e. The zero-order valence-electron chi connectivity index (χ0n) is 12.9. The van der Waals surface area contributed by atoms with Crippen molar-refractivity contribution >= 4 is 0 Å². The molecule has 0 aromatic heterocycles. The van der Waals surface area contributed by atoms with Gasteiger partial charge in [0, 0.05) is 31.0 Å². The molecule has 0 radical (unpaired) electrons. The van der Waals surface area contributed by atoms with Crippen molar-refractivity contribution in [2.24, 2.45) is 5.73 Å². The molecule has 2 atom stereocenters. The number of ether oxygens (including phenoxy) is 2. The summed E-state index contributed by atoms with van der Waals surface area (Å²) in [6.07, 6.45) is 5.40. The van der Waals surface area contributed by atoms with Crippen LogP contribution in [0.4, 0.5) is 0 Å². The van der Waals surface area contributed by atoms with Crippen LogP contribution in [0.3, 0.4) is 0 Å². The van der Waals surface area contributed by atoms with Gasteiger partial charge in [0.05, 0.1) is 13.2 Å². The number of nitrogens with two attached hydrogens (primary N) is 1. The number of piperidine rings is 1. The minimum atomic E-state index is -0.321. The van der Waals surface area contributed by atoms with E-state index in [1.807, 2.05) is 0 Å². The Labute approximate surface area is 122 Å². The van der Waals surface area contributed by atoms with Crippen molar-refractivity contribution in [2.75, 3.05) is 40.4 Å². The summed E-state index contributed by atoms with van der Waals surface area (Å²) < 4.78 is 11.8. The second-order valence-corrected chi connectivity index (χ2v) is 6.81. The quantitative estimate of drug-likeness (QED) is 0.806. The molecule has 2 aliphatic heterocycles. The van der Waals surface area contributed by atoms with Crippen molar-refractivity contribution in [3.05, 3.63) is 0 Å². The number of rotatable bonds is 2. The van der Waals surface area contributed by atoms with Crippen molar-refractivity contribution in [2.45, 2.75) is 56.0 Å². The van der Waals surface area contributed by atoms with E-state index in [1.165, 1.54) is 12.8 Å². The second kappa shape index (κ2) is 5.89. The monoisotopic (exact) mass is 283 g/mol. The summed E-state index contributed by atoms with van der Waals surface area (Å²) in [6.45, 7) is 3.78. The van der Waals surface area contributed by atoms with Gasteiger partial charge in [-0.2, -0.15) is 0 Å². The highest BCUT2D eigenvalue weighted by molar-refractivity contribution is 4.96. The normalized spacial score (nSPS) is 36.0.